The molecule has 110 valence electrons. The highest BCUT2D eigenvalue weighted by atomic mass is 16.3. The van der Waals surface area contributed by atoms with Crippen molar-refractivity contribution in [2.45, 2.75) is 13.3 Å². The van der Waals surface area contributed by atoms with Crippen LogP contribution >= 0.6 is 0 Å². The van der Waals surface area contributed by atoms with Crippen molar-refractivity contribution in [3.05, 3.63) is 30.3 Å². The van der Waals surface area contributed by atoms with Gasteiger partial charge in [0, 0.05) is 18.8 Å². The fourth-order valence-electron chi connectivity index (χ4n) is 1.53. The van der Waals surface area contributed by atoms with Crippen LogP contribution in [-0.2, 0) is 4.79 Å². The van der Waals surface area contributed by atoms with E-state index in [-0.39, 0.29) is 25.0 Å². The molecule has 0 fully saturated rings. The Morgan fingerprint density at radius 1 is 1.20 bits per heavy atom. The fourth-order valence-corrected chi connectivity index (χ4v) is 1.53. The Morgan fingerprint density at radius 2 is 1.90 bits per heavy atom. The first-order chi connectivity index (χ1) is 9.61. The van der Waals surface area contributed by atoms with Gasteiger partial charge in [0.2, 0.25) is 5.91 Å². The zero-order valence-corrected chi connectivity index (χ0v) is 11.6. The minimum Gasteiger partial charge on any atom is -0.396 e. The van der Waals surface area contributed by atoms with Crippen molar-refractivity contribution >= 4 is 17.6 Å². The molecule has 20 heavy (non-hydrogen) atoms. The molecule has 0 saturated heterocycles. The van der Waals surface area contributed by atoms with Crippen LogP contribution in [-0.4, -0.2) is 36.7 Å². The van der Waals surface area contributed by atoms with E-state index in [1.54, 1.807) is 12.1 Å². The first kappa shape index (κ1) is 16.0. The predicted octanol–water partition coefficient (Wildman–Crippen LogP) is 0.943. The first-order valence-corrected chi connectivity index (χ1v) is 6.59. The molecular weight excluding hydrogens is 258 g/mol. The Hall–Kier alpha value is -2.08. The Bertz CT molecular complexity index is 423. The summed E-state index contributed by atoms with van der Waals surface area (Å²) in [5.41, 5.74) is 0.668. The van der Waals surface area contributed by atoms with Gasteiger partial charge in [0.1, 0.15) is 0 Å². The van der Waals surface area contributed by atoms with Crippen LogP contribution in [0, 0.1) is 5.92 Å². The number of carbonyl (C=O) groups is 2. The number of hydrogen-bond donors (Lipinski definition) is 4. The fraction of sp³-hybridized carbons (Fsp3) is 0.429. The van der Waals surface area contributed by atoms with Crippen molar-refractivity contribution in [3.63, 3.8) is 0 Å². The highest BCUT2D eigenvalue weighted by molar-refractivity contribution is 5.92. The van der Waals surface area contributed by atoms with E-state index in [2.05, 4.69) is 16.0 Å². The summed E-state index contributed by atoms with van der Waals surface area (Å²) in [7, 11) is 0. The van der Waals surface area contributed by atoms with Crippen molar-refractivity contribution in [1.29, 1.82) is 0 Å². The Labute approximate surface area is 118 Å². The van der Waals surface area contributed by atoms with Crippen molar-refractivity contribution < 1.29 is 14.7 Å². The molecule has 0 aromatic heterocycles. The summed E-state index contributed by atoms with van der Waals surface area (Å²) in [5, 5.41) is 16.5. The van der Waals surface area contributed by atoms with Gasteiger partial charge in [-0.25, -0.2) is 4.79 Å². The highest BCUT2D eigenvalue weighted by Crippen LogP contribution is 2.03. The van der Waals surface area contributed by atoms with Gasteiger partial charge in [0.15, 0.2) is 0 Å². The van der Waals surface area contributed by atoms with Crippen LogP contribution < -0.4 is 16.0 Å². The number of nitrogens with one attached hydrogen (secondary N) is 3. The van der Waals surface area contributed by atoms with E-state index in [1.165, 1.54) is 0 Å². The third-order valence-corrected chi connectivity index (χ3v) is 2.71. The lowest BCUT2D eigenvalue weighted by Gasteiger charge is -2.12. The molecule has 1 rings (SSSR count). The molecule has 0 aliphatic rings. The summed E-state index contributed by atoms with van der Waals surface area (Å²) < 4.78 is 0. The molecule has 6 heteroatoms. The lowest BCUT2D eigenvalue weighted by Crippen LogP contribution is -2.40. The van der Waals surface area contributed by atoms with Crippen LogP contribution in [0.1, 0.15) is 13.3 Å². The molecule has 0 aliphatic heterocycles. The number of aliphatic hydroxyl groups excluding tert-OH is 1. The van der Waals surface area contributed by atoms with E-state index in [0.29, 0.717) is 18.7 Å². The van der Waals surface area contributed by atoms with Gasteiger partial charge in [-0.1, -0.05) is 25.1 Å². The second kappa shape index (κ2) is 8.92. The van der Waals surface area contributed by atoms with E-state index in [0.717, 1.165) is 0 Å². The van der Waals surface area contributed by atoms with Crippen LogP contribution in [0.3, 0.4) is 0 Å². The molecule has 0 aliphatic carbocycles. The van der Waals surface area contributed by atoms with E-state index in [9.17, 15) is 9.59 Å². The van der Waals surface area contributed by atoms with Gasteiger partial charge in [-0.05, 0) is 24.5 Å². The summed E-state index contributed by atoms with van der Waals surface area (Å²) in [6.07, 6.45) is 0.641. The number of para-hydroxylation sites is 1. The third kappa shape index (κ3) is 6.75. The monoisotopic (exact) mass is 279 g/mol. The molecule has 0 spiro atoms. The minimum absolute atomic E-state index is 0.0789. The van der Waals surface area contributed by atoms with E-state index >= 15 is 0 Å². The summed E-state index contributed by atoms with van der Waals surface area (Å²) in [6.45, 7) is 2.45. The van der Waals surface area contributed by atoms with Crippen LogP contribution in [0.5, 0.6) is 0 Å². The minimum atomic E-state index is -0.422. The average molecular weight is 279 g/mol. The molecule has 1 aromatic carbocycles. The molecule has 0 heterocycles. The molecule has 1 unspecified atom stereocenters. The SMILES string of the molecule is CC(CCO)CNC(=O)CNC(=O)Nc1ccccc1. The molecule has 1 atom stereocenters. The molecule has 0 radical (unpaired) electrons. The van der Waals surface area contributed by atoms with Gasteiger partial charge >= 0.3 is 6.03 Å². The lowest BCUT2D eigenvalue weighted by atomic mass is 10.1. The standard InChI is InChI=1S/C14H21N3O3/c1-11(7-8-18)9-15-13(19)10-16-14(20)17-12-5-3-2-4-6-12/h2-6,11,18H,7-10H2,1H3,(H,15,19)(H2,16,17,20). The van der Waals surface area contributed by atoms with Gasteiger partial charge in [0.25, 0.3) is 0 Å². The van der Waals surface area contributed by atoms with Gasteiger partial charge in [-0.15, -0.1) is 0 Å². The molecular formula is C14H21N3O3. The number of benzene rings is 1. The van der Waals surface area contributed by atoms with Crippen molar-refractivity contribution in [1.82, 2.24) is 10.6 Å². The maximum atomic E-state index is 11.5. The maximum absolute atomic E-state index is 11.5. The summed E-state index contributed by atoms with van der Waals surface area (Å²) in [6, 6.07) is 8.57. The number of rotatable bonds is 7. The number of carbonyl (C=O) groups excluding carboxylic acids is 2. The number of aliphatic hydroxyl groups is 1. The summed E-state index contributed by atoms with van der Waals surface area (Å²) in [5.74, 6) is -0.0416. The Balaban J connectivity index is 2.19. The van der Waals surface area contributed by atoms with Crippen LogP contribution in [0.4, 0.5) is 10.5 Å². The van der Waals surface area contributed by atoms with Gasteiger partial charge in [0.05, 0.1) is 6.54 Å². The molecule has 1 aromatic rings. The lowest BCUT2D eigenvalue weighted by molar-refractivity contribution is -0.120. The Kier molecular flexibility index (Phi) is 7.13. The number of urea groups is 1. The molecule has 4 N–H and O–H groups in total. The number of amides is 3. The van der Waals surface area contributed by atoms with Gasteiger partial charge in [-0.2, -0.15) is 0 Å². The number of hydrogen-bond acceptors (Lipinski definition) is 3. The van der Waals surface area contributed by atoms with Crippen LogP contribution in [0.25, 0.3) is 0 Å². The normalized spacial score (nSPS) is 11.5. The van der Waals surface area contributed by atoms with E-state index in [1.807, 2.05) is 25.1 Å². The topological polar surface area (TPSA) is 90.5 Å². The van der Waals surface area contributed by atoms with Gasteiger partial charge < -0.3 is 21.1 Å². The van der Waals surface area contributed by atoms with E-state index in [4.69, 9.17) is 5.11 Å². The zero-order valence-electron chi connectivity index (χ0n) is 11.6. The second-order valence-corrected chi connectivity index (χ2v) is 4.60. The van der Waals surface area contributed by atoms with Crippen molar-refractivity contribution in [3.8, 4) is 0 Å². The predicted molar refractivity (Wildman–Crippen MR) is 77.3 cm³/mol. The summed E-state index contributed by atoms with van der Waals surface area (Å²) >= 11 is 0. The molecule has 3 amide bonds. The third-order valence-electron chi connectivity index (χ3n) is 2.71. The molecule has 0 bridgehead atoms. The van der Waals surface area contributed by atoms with Crippen molar-refractivity contribution in [2.75, 3.05) is 25.0 Å². The van der Waals surface area contributed by atoms with Crippen LogP contribution in [0.15, 0.2) is 30.3 Å². The van der Waals surface area contributed by atoms with Crippen LogP contribution in [0.2, 0.25) is 0 Å². The largest absolute Gasteiger partial charge is 0.396 e. The highest BCUT2D eigenvalue weighted by Gasteiger charge is 2.07. The van der Waals surface area contributed by atoms with Gasteiger partial charge in [-0.3, -0.25) is 4.79 Å². The smallest absolute Gasteiger partial charge is 0.319 e. The first-order valence-electron chi connectivity index (χ1n) is 6.59. The summed E-state index contributed by atoms with van der Waals surface area (Å²) in [4.78, 5) is 23.0. The average Bonchev–Trinajstić information content (AvgIpc) is 2.44. The van der Waals surface area contributed by atoms with E-state index < -0.39 is 6.03 Å². The molecule has 0 saturated carbocycles. The van der Waals surface area contributed by atoms with Crippen molar-refractivity contribution in [2.24, 2.45) is 5.92 Å². The maximum Gasteiger partial charge on any atom is 0.319 e. The number of anilines is 1. The Morgan fingerprint density at radius 3 is 2.55 bits per heavy atom. The second-order valence-electron chi connectivity index (χ2n) is 4.60. The quantitative estimate of drug-likeness (QED) is 0.599. The molecule has 6 nitrogen and oxygen atoms in total. The zero-order chi connectivity index (χ0) is 14.8.